The van der Waals surface area contributed by atoms with Gasteiger partial charge in [0.1, 0.15) is 17.5 Å². The summed E-state index contributed by atoms with van der Waals surface area (Å²) in [5.41, 5.74) is -0.151. The lowest BCUT2D eigenvalue weighted by Crippen LogP contribution is -1.89. The zero-order chi connectivity index (χ0) is 11.7. The largest absolute Gasteiger partial charge is 0.207 e. The Labute approximate surface area is 83.8 Å². The molecule has 0 unspecified atom stereocenters. The van der Waals surface area contributed by atoms with E-state index in [4.69, 9.17) is 0 Å². The standard InChI is InChI=1S/C7H5F3.2C2H6/c1-4-6(9)2-5(8)3-7(4)10;2*1-2/h2-3H,1H3;2*1-2H3. The molecule has 0 nitrogen and oxygen atoms in total. The molecule has 0 aromatic heterocycles. The third-order valence-corrected chi connectivity index (χ3v) is 1.25. The molecule has 0 spiro atoms. The van der Waals surface area contributed by atoms with Crippen LogP contribution in [0.5, 0.6) is 0 Å². The average molecular weight is 206 g/mol. The molecule has 0 bridgehead atoms. The summed E-state index contributed by atoms with van der Waals surface area (Å²) in [6.45, 7) is 9.25. The zero-order valence-electron chi connectivity index (χ0n) is 9.29. The Hall–Kier alpha value is -0.990. The van der Waals surface area contributed by atoms with Gasteiger partial charge in [0.15, 0.2) is 0 Å². The van der Waals surface area contributed by atoms with Crippen molar-refractivity contribution >= 4 is 0 Å². The molecule has 0 N–H and O–H groups in total. The average Bonchev–Trinajstić information content (AvgIpc) is 2.20. The fourth-order valence-corrected chi connectivity index (χ4v) is 0.614. The highest BCUT2D eigenvalue weighted by atomic mass is 19.1. The van der Waals surface area contributed by atoms with Crippen LogP contribution in [0.15, 0.2) is 12.1 Å². The maximum absolute atomic E-state index is 12.4. The molecule has 0 heterocycles. The van der Waals surface area contributed by atoms with Crippen LogP contribution in [0.3, 0.4) is 0 Å². The topological polar surface area (TPSA) is 0 Å². The molecule has 0 aliphatic carbocycles. The summed E-state index contributed by atoms with van der Waals surface area (Å²) in [5, 5.41) is 0. The fraction of sp³-hybridized carbons (Fsp3) is 0.455. The maximum Gasteiger partial charge on any atom is 0.131 e. The van der Waals surface area contributed by atoms with Gasteiger partial charge in [0.05, 0.1) is 0 Å². The Morgan fingerprint density at radius 2 is 1.07 bits per heavy atom. The van der Waals surface area contributed by atoms with E-state index >= 15 is 0 Å². The first-order chi connectivity index (χ1) is 6.61. The normalized spacial score (nSPS) is 8.00. The Balaban J connectivity index is 0. The molecule has 1 rings (SSSR count). The van der Waals surface area contributed by atoms with Crippen molar-refractivity contribution in [3.8, 4) is 0 Å². The van der Waals surface area contributed by atoms with E-state index < -0.39 is 17.5 Å². The van der Waals surface area contributed by atoms with Crippen molar-refractivity contribution in [2.45, 2.75) is 34.6 Å². The summed E-state index contributed by atoms with van der Waals surface area (Å²) in [4.78, 5) is 0. The van der Waals surface area contributed by atoms with E-state index in [1.807, 2.05) is 27.7 Å². The first-order valence-electron chi connectivity index (χ1n) is 4.72. The molecule has 0 saturated heterocycles. The predicted octanol–water partition coefficient (Wildman–Crippen LogP) is 4.46. The number of rotatable bonds is 0. The van der Waals surface area contributed by atoms with Crippen LogP contribution in [0.25, 0.3) is 0 Å². The Morgan fingerprint density at radius 3 is 1.36 bits per heavy atom. The highest BCUT2D eigenvalue weighted by Gasteiger charge is 2.05. The first kappa shape index (κ1) is 15.5. The highest BCUT2D eigenvalue weighted by Crippen LogP contribution is 2.12. The van der Waals surface area contributed by atoms with Crippen LogP contribution in [-0.2, 0) is 0 Å². The second kappa shape index (κ2) is 8.60. The number of hydrogen-bond donors (Lipinski definition) is 0. The second-order valence-corrected chi connectivity index (χ2v) is 1.99. The van der Waals surface area contributed by atoms with Crippen molar-refractivity contribution in [2.75, 3.05) is 0 Å². The van der Waals surface area contributed by atoms with Crippen molar-refractivity contribution < 1.29 is 13.2 Å². The van der Waals surface area contributed by atoms with Crippen LogP contribution >= 0.6 is 0 Å². The lowest BCUT2D eigenvalue weighted by molar-refractivity contribution is 0.532. The summed E-state index contributed by atoms with van der Waals surface area (Å²) in [5.74, 6) is -2.59. The predicted molar refractivity (Wildman–Crippen MR) is 53.7 cm³/mol. The molecule has 82 valence electrons. The van der Waals surface area contributed by atoms with E-state index in [1.165, 1.54) is 6.92 Å². The van der Waals surface area contributed by atoms with Gasteiger partial charge in [0.25, 0.3) is 0 Å². The monoisotopic (exact) mass is 206 g/mol. The van der Waals surface area contributed by atoms with Gasteiger partial charge in [-0.2, -0.15) is 0 Å². The van der Waals surface area contributed by atoms with E-state index in [-0.39, 0.29) is 5.56 Å². The minimum absolute atomic E-state index is 0.151. The van der Waals surface area contributed by atoms with Crippen LogP contribution in [0.2, 0.25) is 0 Å². The summed E-state index contributed by atoms with van der Waals surface area (Å²) in [7, 11) is 0. The SMILES string of the molecule is CC.CC.Cc1c(F)cc(F)cc1F. The second-order valence-electron chi connectivity index (χ2n) is 1.99. The van der Waals surface area contributed by atoms with Crippen LogP contribution in [0, 0.1) is 24.4 Å². The summed E-state index contributed by atoms with van der Waals surface area (Å²) in [6.07, 6.45) is 0. The lowest BCUT2D eigenvalue weighted by atomic mass is 10.2. The molecule has 1 aromatic carbocycles. The van der Waals surface area contributed by atoms with Gasteiger partial charge in [-0.05, 0) is 6.92 Å². The maximum atomic E-state index is 12.4. The Kier molecular flexibility index (Phi) is 9.51. The van der Waals surface area contributed by atoms with Gasteiger partial charge in [0, 0.05) is 17.7 Å². The van der Waals surface area contributed by atoms with Gasteiger partial charge in [-0.15, -0.1) is 0 Å². The molecule has 14 heavy (non-hydrogen) atoms. The quantitative estimate of drug-likeness (QED) is 0.587. The van der Waals surface area contributed by atoms with E-state index in [9.17, 15) is 13.2 Å². The number of hydrogen-bond acceptors (Lipinski definition) is 0. The third kappa shape index (κ3) is 4.90. The summed E-state index contributed by atoms with van der Waals surface area (Å²) < 4.78 is 36.8. The smallest absolute Gasteiger partial charge is 0.131 e. The minimum Gasteiger partial charge on any atom is -0.207 e. The third-order valence-electron chi connectivity index (χ3n) is 1.25. The summed E-state index contributed by atoms with van der Waals surface area (Å²) in [6, 6.07) is 1.30. The molecule has 0 radical (unpaired) electrons. The number of benzene rings is 1. The molecule has 0 saturated carbocycles. The zero-order valence-corrected chi connectivity index (χ0v) is 9.29. The van der Waals surface area contributed by atoms with Crippen molar-refractivity contribution in [1.29, 1.82) is 0 Å². The van der Waals surface area contributed by atoms with Crippen molar-refractivity contribution in [2.24, 2.45) is 0 Å². The van der Waals surface area contributed by atoms with E-state index in [0.717, 1.165) is 0 Å². The molecular weight excluding hydrogens is 189 g/mol. The van der Waals surface area contributed by atoms with Gasteiger partial charge in [-0.25, -0.2) is 13.2 Å². The Morgan fingerprint density at radius 1 is 0.786 bits per heavy atom. The molecule has 0 aliphatic heterocycles. The van der Waals surface area contributed by atoms with Crippen molar-refractivity contribution in [1.82, 2.24) is 0 Å². The van der Waals surface area contributed by atoms with Gasteiger partial charge < -0.3 is 0 Å². The molecule has 3 heteroatoms. The van der Waals surface area contributed by atoms with Crippen LogP contribution in [-0.4, -0.2) is 0 Å². The van der Waals surface area contributed by atoms with Gasteiger partial charge in [-0.3, -0.25) is 0 Å². The molecular formula is C11H17F3. The lowest BCUT2D eigenvalue weighted by Gasteiger charge is -1.96. The van der Waals surface area contributed by atoms with Gasteiger partial charge in [-0.1, -0.05) is 27.7 Å². The first-order valence-corrected chi connectivity index (χ1v) is 4.72. The van der Waals surface area contributed by atoms with Crippen molar-refractivity contribution in [3.63, 3.8) is 0 Å². The van der Waals surface area contributed by atoms with Crippen LogP contribution < -0.4 is 0 Å². The van der Waals surface area contributed by atoms with Gasteiger partial charge in [0.2, 0.25) is 0 Å². The highest BCUT2D eigenvalue weighted by molar-refractivity contribution is 5.18. The number of halogens is 3. The molecule has 0 atom stereocenters. The minimum atomic E-state index is -0.888. The van der Waals surface area contributed by atoms with Crippen LogP contribution in [0.4, 0.5) is 13.2 Å². The van der Waals surface area contributed by atoms with E-state index in [2.05, 4.69) is 0 Å². The molecule has 1 aromatic rings. The molecule has 0 aliphatic rings. The summed E-state index contributed by atoms with van der Waals surface area (Å²) >= 11 is 0. The van der Waals surface area contributed by atoms with Crippen molar-refractivity contribution in [3.05, 3.63) is 35.1 Å². The fourth-order valence-electron chi connectivity index (χ4n) is 0.614. The Bertz CT molecular complexity index is 234. The van der Waals surface area contributed by atoms with Crippen LogP contribution in [0.1, 0.15) is 33.3 Å². The van der Waals surface area contributed by atoms with Gasteiger partial charge >= 0.3 is 0 Å². The van der Waals surface area contributed by atoms with E-state index in [0.29, 0.717) is 12.1 Å². The van der Waals surface area contributed by atoms with E-state index in [1.54, 1.807) is 0 Å². The molecule has 0 fully saturated rings. The molecule has 0 amide bonds.